The zero-order valence-electron chi connectivity index (χ0n) is 11.5. The van der Waals surface area contributed by atoms with E-state index in [1.165, 1.54) is 5.56 Å². The molecule has 2 atom stereocenters. The van der Waals surface area contributed by atoms with Crippen LogP contribution in [0.2, 0.25) is 0 Å². The SMILES string of the molecule is CCC(C)N(CC(=O)O)C(CC)c1ccccc1. The maximum absolute atomic E-state index is 11.0. The molecule has 0 aromatic heterocycles. The lowest BCUT2D eigenvalue weighted by Gasteiger charge is -2.34. The van der Waals surface area contributed by atoms with Crippen LogP contribution in [0.15, 0.2) is 30.3 Å². The molecule has 0 aliphatic rings. The Balaban J connectivity index is 2.96. The van der Waals surface area contributed by atoms with Crippen LogP contribution in [-0.2, 0) is 4.79 Å². The maximum Gasteiger partial charge on any atom is 0.317 e. The molecule has 0 saturated heterocycles. The molecule has 0 aliphatic carbocycles. The van der Waals surface area contributed by atoms with E-state index in [1.54, 1.807) is 0 Å². The molecule has 0 radical (unpaired) electrons. The first-order valence-electron chi connectivity index (χ1n) is 6.62. The number of hydrogen-bond acceptors (Lipinski definition) is 2. The van der Waals surface area contributed by atoms with E-state index in [1.807, 2.05) is 18.2 Å². The molecular formula is C15H23NO2. The Kier molecular flexibility index (Phi) is 5.86. The van der Waals surface area contributed by atoms with E-state index in [9.17, 15) is 4.79 Å². The van der Waals surface area contributed by atoms with Crippen molar-refractivity contribution in [3.8, 4) is 0 Å². The first kappa shape index (κ1) is 14.7. The van der Waals surface area contributed by atoms with Crippen molar-refractivity contribution in [3.63, 3.8) is 0 Å². The molecule has 3 heteroatoms. The maximum atomic E-state index is 11.0. The van der Waals surface area contributed by atoms with Gasteiger partial charge in [-0.1, -0.05) is 44.2 Å². The third kappa shape index (κ3) is 3.84. The van der Waals surface area contributed by atoms with Crippen molar-refractivity contribution in [3.05, 3.63) is 35.9 Å². The number of rotatable bonds is 7. The minimum Gasteiger partial charge on any atom is -0.480 e. The van der Waals surface area contributed by atoms with E-state index in [0.29, 0.717) is 0 Å². The number of nitrogens with zero attached hydrogens (tertiary/aromatic N) is 1. The molecule has 0 bridgehead atoms. The van der Waals surface area contributed by atoms with E-state index in [-0.39, 0.29) is 18.6 Å². The lowest BCUT2D eigenvalue weighted by Crippen LogP contribution is -2.39. The number of carbonyl (C=O) groups is 1. The summed E-state index contributed by atoms with van der Waals surface area (Å²) in [6, 6.07) is 10.6. The van der Waals surface area contributed by atoms with Crippen LogP contribution in [-0.4, -0.2) is 28.6 Å². The summed E-state index contributed by atoms with van der Waals surface area (Å²) in [5.74, 6) is -0.760. The van der Waals surface area contributed by atoms with Gasteiger partial charge in [-0.15, -0.1) is 0 Å². The third-order valence-corrected chi connectivity index (χ3v) is 3.45. The van der Waals surface area contributed by atoms with E-state index in [2.05, 4.69) is 37.8 Å². The lowest BCUT2D eigenvalue weighted by atomic mass is 10.0. The van der Waals surface area contributed by atoms with Crippen LogP contribution in [0.5, 0.6) is 0 Å². The summed E-state index contributed by atoms with van der Waals surface area (Å²) in [6.45, 7) is 6.39. The van der Waals surface area contributed by atoms with Gasteiger partial charge in [0.15, 0.2) is 0 Å². The van der Waals surface area contributed by atoms with Gasteiger partial charge in [0, 0.05) is 12.1 Å². The molecule has 1 N–H and O–H groups in total. The molecule has 0 amide bonds. The largest absolute Gasteiger partial charge is 0.480 e. The fourth-order valence-corrected chi connectivity index (χ4v) is 2.30. The standard InChI is InChI=1S/C15H23NO2/c1-4-12(3)16(11-15(17)18)14(5-2)13-9-7-6-8-10-13/h6-10,12,14H,4-5,11H2,1-3H3,(H,17,18). The summed E-state index contributed by atoms with van der Waals surface area (Å²) in [5, 5.41) is 9.08. The average molecular weight is 249 g/mol. The summed E-state index contributed by atoms with van der Waals surface area (Å²) in [7, 11) is 0. The summed E-state index contributed by atoms with van der Waals surface area (Å²) >= 11 is 0. The Bertz CT molecular complexity index is 364. The van der Waals surface area contributed by atoms with Crippen LogP contribution in [0.4, 0.5) is 0 Å². The van der Waals surface area contributed by atoms with Crippen LogP contribution in [0.25, 0.3) is 0 Å². The van der Waals surface area contributed by atoms with Crippen LogP contribution in [0.1, 0.15) is 45.2 Å². The fraction of sp³-hybridized carbons (Fsp3) is 0.533. The van der Waals surface area contributed by atoms with Crippen molar-refractivity contribution in [1.82, 2.24) is 4.90 Å². The zero-order chi connectivity index (χ0) is 13.5. The first-order chi connectivity index (χ1) is 8.60. The highest BCUT2D eigenvalue weighted by atomic mass is 16.4. The molecular weight excluding hydrogens is 226 g/mol. The normalized spacial score (nSPS) is 14.4. The molecule has 18 heavy (non-hydrogen) atoms. The molecule has 100 valence electrons. The van der Waals surface area contributed by atoms with E-state index in [0.717, 1.165) is 12.8 Å². The van der Waals surface area contributed by atoms with Gasteiger partial charge in [-0.25, -0.2) is 0 Å². The Morgan fingerprint density at radius 3 is 2.28 bits per heavy atom. The molecule has 1 aromatic carbocycles. The predicted octanol–water partition coefficient (Wildman–Crippen LogP) is 3.32. The van der Waals surface area contributed by atoms with Gasteiger partial charge in [-0.3, -0.25) is 9.69 Å². The van der Waals surface area contributed by atoms with Crippen LogP contribution in [0, 0.1) is 0 Å². The van der Waals surface area contributed by atoms with Gasteiger partial charge in [-0.05, 0) is 25.3 Å². The van der Waals surface area contributed by atoms with Crippen molar-refractivity contribution in [1.29, 1.82) is 0 Å². The van der Waals surface area contributed by atoms with Crippen molar-refractivity contribution in [2.24, 2.45) is 0 Å². The van der Waals surface area contributed by atoms with Gasteiger partial charge in [0.25, 0.3) is 0 Å². The van der Waals surface area contributed by atoms with Gasteiger partial charge in [0.2, 0.25) is 0 Å². The number of aliphatic carboxylic acids is 1. The lowest BCUT2D eigenvalue weighted by molar-refractivity contribution is -0.139. The minimum atomic E-state index is -0.760. The molecule has 2 unspecified atom stereocenters. The number of benzene rings is 1. The van der Waals surface area contributed by atoms with E-state index in [4.69, 9.17) is 5.11 Å². The second kappa shape index (κ2) is 7.17. The smallest absolute Gasteiger partial charge is 0.317 e. The highest BCUT2D eigenvalue weighted by Crippen LogP contribution is 2.26. The minimum absolute atomic E-state index is 0.0996. The highest BCUT2D eigenvalue weighted by Gasteiger charge is 2.24. The molecule has 1 rings (SSSR count). The van der Waals surface area contributed by atoms with Crippen molar-refractivity contribution >= 4 is 5.97 Å². The fourth-order valence-electron chi connectivity index (χ4n) is 2.30. The van der Waals surface area contributed by atoms with Crippen molar-refractivity contribution in [2.45, 2.75) is 45.7 Å². The summed E-state index contributed by atoms with van der Waals surface area (Å²) in [4.78, 5) is 13.1. The second-order valence-corrected chi connectivity index (χ2v) is 4.66. The number of hydrogen-bond donors (Lipinski definition) is 1. The topological polar surface area (TPSA) is 40.5 Å². The van der Waals surface area contributed by atoms with Gasteiger partial charge in [0.05, 0.1) is 6.54 Å². The summed E-state index contributed by atoms with van der Waals surface area (Å²) < 4.78 is 0. The van der Waals surface area contributed by atoms with E-state index >= 15 is 0 Å². The Morgan fingerprint density at radius 2 is 1.83 bits per heavy atom. The Labute approximate surface area is 109 Å². The average Bonchev–Trinajstić information content (AvgIpc) is 2.38. The van der Waals surface area contributed by atoms with Gasteiger partial charge < -0.3 is 5.11 Å². The summed E-state index contributed by atoms with van der Waals surface area (Å²) in [6.07, 6.45) is 1.87. The van der Waals surface area contributed by atoms with Gasteiger partial charge >= 0.3 is 5.97 Å². The highest BCUT2D eigenvalue weighted by molar-refractivity contribution is 5.69. The van der Waals surface area contributed by atoms with Crippen LogP contribution in [0.3, 0.4) is 0 Å². The Hall–Kier alpha value is -1.35. The van der Waals surface area contributed by atoms with Crippen LogP contribution >= 0.6 is 0 Å². The number of carboxylic acids is 1. The third-order valence-electron chi connectivity index (χ3n) is 3.45. The quantitative estimate of drug-likeness (QED) is 0.806. The number of carboxylic acid groups (broad SMARTS) is 1. The van der Waals surface area contributed by atoms with Crippen molar-refractivity contribution in [2.75, 3.05) is 6.54 Å². The molecule has 1 aromatic rings. The Morgan fingerprint density at radius 1 is 1.22 bits per heavy atom. The monoisotopic (exact) mass is 249 g/mol. The molecule has 0 saturated carbocycles. The molecule has 3 nitrogen and oxygen atoms in total. The van der Waals surface area contributed by atoms with E-state index < -0.39 is 5.97 Å². The predicted molar refractivity (Wildman–Crippen MR) is 73.6 cm³/mol. The first-order valence-corrected chi connectivity index (χ1v) is 6.62. The van der Waals surface area contributed by atoms with Gasteiger partial charge in [-0.2, -0.15) is 0 Å². The van der Waals surface area contributed by atoms with Crippen LogP contribution < -0.4 is 0 Å². The molecule has 0 aliphatic heterocycles. The molecule has 0 heterocycles. The van der Waals surface area contributed by atoms with Crippen molar-refractivity contribution < 1.29 is 9.90 Å². The second-order valence-electron chi connectivity index (χ2n) is 4.66. The summed E-state index contributed by atoms with van der Waals surface area (Å²) in [5.41, 5.74) is 1.20. The zero-order valence-corrected chi connectivity index (χ0v) is 11.5. The molecule has 0 spiro atoms. The molecule has 0 fully saturated rings. The van der Waals surface area contributed by atoms with Gasteiger partial charge in [0.1, 0.15) is 0 Å².